The molecule has 0 aromatic carbocycles. The molecule has 12 heavy (non-hydrogen) atoms. The van der Waals surface area contributed by atoms with Crippen LogP contribution in [0.25, 0.3) is 0 Å². The molecule has 1 unspecified atom stereocenters. The molecule has 2 nitrogen and oxygen atoms in total. The van der Waals surface area contributed by atoms with Crippen LogP contribution < -0.4 is 5.73 Å². The van der Waals surface area contributed by atoms with E-state index in [0.29, 0.717) is 5.41 Å². The van der Waals surface area contributed by atoms with Crippen LogP contribution >= 0.6 is 0 Å². The molecule has 2 heteroatoms. The van der Waals surface area contributed by atoms with Gasteiger partial charge in [0.1, 0.15) is 5.76 Å². The van der Waals surface area contributed by atoms with Crippen molar-refractivity contribution in [3.05, 3.63) is 23.7 Å². The summed E-state index contributed by atoms with van der Waals surface area (Å²) in [4.78, 5) is 0. The molecule has 66 valence electrons. The average molecular weight is 165 g/mol. The van der Waals surface area contributed by atoms with E-state index in [2.05, 4.69) is 13.8 Å². The Labute approximate surface area is 72.7 Å². The third kappa shape index (κ3) is 1.16. The minimum Gasteiger partial charge on any atom is -0.469 e. The molecule has 1 heterocycles. The van der Waals surface area contributed by atoms with Crippen LogP contribution in [-0.2, 0) is 6.42 Å². The lowest BCUT2D eigenvalue weighted by molar-refractivity contribution is 0.256. The van der Waals surface area contributed by atoms with Gasteiger partial charge < -0.3 is 10.2 Å². The van der Waals surface area contributed by atoms with Gasteiger partial charge in [0.25, 0.3) is 0 Å². The Balaban J connectivity index is 2.38. The van der Waals surface area contributed by atoms with Crippen molar-refractivity contribution in [2.45, 2.75) is 32.7 Å². The van der Waals surface area contributed by atoms with Crippen LogP contribution in [0.2, 0.25) is 0 Å². The van der Waals surface area contributed by atoms with Crippen molar-refractivity contribution in [2.24, 2.45) is 11.1 Å². The fourth-order valence-electron chi connectivity index (χ4n) is 2.04. The number of fused-ring (bicyclic) bond motifs is 1. The van der Waals surface area contributed by atoms with Crippen molar-refractivity contribution in [2.75, 3.05) is 0 Å². The van der Waals surface area contributed by atoms with Gasteiger partial charge in [0.05, 0.1) is 6.26 Å². The van der Waals surface area contributed by atoms with Crippen LogP contribution in [0, 0.1) is 5.41 Å². The summed E-state index contributed by atoms with van der Waals surface area (Å²) in [6.07, 6.45) is 3.81. The van der Waals surface area contributed by atoms with Crippen molar-refractivity contribution in [1.29, 1.82) is 0 Å². The highest BCUT2D eigenvalue weighted by Crippen LogP contribution is 2.39. The Morgan fingerprint density at radius 3 is 3.08 bits per heavy atom. The number of hydrogen-bond donors (Lipinski definition) is 1. The molecule has 0 aliphatic heterocycles. The number of nitrogens with two attached hydrogens (primary N) is 1. The zero-order valence-corrected chi connectivity index (χ0v) is 7.63. The summed E-state index contributed by atoms with van der Waals surface area (Å²) < 4.78 is 5.38. The van der Waals surface area contributed by atoms with E-state index in [9.17, 15) is 0 Å². The van der Waals surface area contributed by atoms with E-state index in [1.54, 1.807) is 6.26 Å². The fourth-order valence-corrected chi connectivity index (χ4v) is 2.04. The Morgan fingerprint density at radius 1 is 1.58 bits per heavy atom. The van der Waals surface area contributed by atoms with E-state index in [1.807, 2.05) is 6.07 Å². The first-order valence-corrected chi connectivity index (χ1v) is 4.40. The Kier molecular flexibility index (Phi) is 1.55. The second-order valence-corrected chi connectivity index (χ2v) is 4.45. The van der Waals surface area contributed by atoms with Crippen LogP contribution in [0.4, 0.5) is 0 Å². The van der Waals surface area contributed by atoms with Crippen molar-refractivity contribution in [1.82, 2.24) is 0 Å². The SMILES string of the molecule is CC1(C)Cc2occc2C(N)C1. The summed E-state index contributed by atoms with van der Waals surface area (Å²) in [6, 6.07) is 2.16. The number of rotatable bonds is 0. The number of furan rings is 1. The van der Waals surface area contributed by atoms with Crippen LogP contribution in [-0.4, -0.2) is 0 Å². The molecule has 1 aromatic rings. The Hall–Kier alpha value is -0.760. The van der Waals surface area contributed by atoms with Gasteiger partial charge in [-0.3, -0.25) is 0 Å². The maximum Gasteiger partial charge on any atom is 0.109 e. The van der Waals surface area contributed by atoms with Gasteiger partial charge in [0.15, 0.2) is 0 Å². The predicted octanol–water partition coefficient (Wildman–Crippen LogP) is 2.25. The summed E-state index contributed by atoms with van der Waals surface area (Å²) in [7, 11) is 0. The molecule has 1 aliphatic rings. The van der Waals surface area contributed by atoms with Gasteiger partial charge in [0.2, 0.25) is 0 Å². The van der Waals surface area contributed by atoms with Gasteiger partial charge in [-0.15, -0.1) is 0 Å². The molecule has 0 bridgehead atoms. The molecule has 1 atom stereocenters. The predicted molar refractivity (Wildman–Crippen MR) is 47.7 cm³/mol. The third-order valence-electron chi connectivity index (χ3n) is 2.59. The van der Waals surface area contributed by atoms with Gasteiger partial charge in [-0.25, -0.2) is 0 Å². The van der Waals surface area contributed by atoms with E-state index >= 15 is 0 Å². The molecule has 2 rings (SSSR count). The maximum absolute atomic E-state index is 6.01. The van der Waals surface area contributed by atoms with Gasteiger partial charge in [-0.1, -0.05) is 13.8 Å². The summed E-state index contributed by atoms with van der Waals surface area (Å²) in [6.45, 7) is 4.47. The highest BCUT2D eigenvalue weighted by molar-refractivity contribution is 5.25. The molecule has 2 N–H and O–H groups in total. The molecule has 0 fully saturated rings. The standard InChI is InChI=1S/C10H15NO/c1-10(2)5-8(11)7-3-4-12-9(7)6-10/h3-4,8H,5-6,11H2,1-2H3. The maximum atomic E-state index is 6.01. The van der Waals surface area contributed by atoms with Crippen LogP contribution in [0.3, 0.4) is 0 Å². The zero-order chi connectivity index (χ0) is 8.77. The normalized spacial score (nSPS) is 26.8. The molecular formula is C10H15NO. The molecule has 1 aromatic heterocycles. The smallest absolute Gasteiger partial charge is 0.109 e. The van der Waals surface area contributed by atoms with E-state index in [1.165, 1.54) is 5.56 Å². The lowest BCUT2D eigenvalue weighted by Crippen LogP contribution is -2.28. The molecule has 1 aliphatic carbocycles. The zero-order valence-electron chi connectivity index (χ0n) is 7.63. The van der Waals surface area contributed by atoms with Gasteiger partial charge in [-0.2, -0.15) is 0 Å². The summed E-state index contributed by atoms with van der Waals surface area (Å²) >= 11 is 0. The second kappa shape index (κ2) is 2.36. The molecule has 0 radical (unpaired) electrons. The van der Waals surface area contributed by atoms with E-state index in [0.717, 1.165) is 18.6 Å². The minimum atomic E-state index is 0.169. The highest BCUT2D eigenvalue weighted by Gasteiger charge is 2.31. The Bertz CT molecular complexity index is 288. The van der Waals surface area contributed by atoms with Crippen molar-refractivity contribution < 1.29 is 4.42 Å². The molecule has 0 amide bonds. The van der Waals surface area contributed by atoms with Crippen molar-refractivity contribution in [3.63, 3.8) is 0 Å². The second-order valence-electron chi connectivity index (χ2n) is 4.45. The summed E-state index contributed by atoms with van der Waals surface area (Å²) in [5, 5.41) is 0. The average Bonchev–Trinajstić information content (AvgIpc) is 2.31. The Morgan fingerprint density at radius 2 is 2.33 bits per heavy atom. The van der Waals surface area contributed by atoms with Gasteiger partial charge in [-0.05, 0) is 17.9 Å². The van der Waals surface area contributed by atoms with Gasteiger partial charge in [0, 0.05) is 18.0 Å². The minimum absolute atomic E-state index is 0.169. The quantitative estimate of drug-likeness (QED) is 0.640. The summed E-state index contributed by atoms with van der Waals surface area (Å²) in [5.41, 5.74) is 7.51. The first-order chi connectivity index (χ1) is 5.58. The molecule has 0 spiro atoms. The van der Waals surface area contributed by atoms with Crippen molar-refractivity contribution in [3.8, 4) is 0 Å². The topological polar surface area (TPSA) is 39.2 Å². The van der Waals surface area contributed by atoms with Gasteiger partial charge >= 0.3 is 0 Å². The molecule has 0 saturated carbocycles. The third-order valence-corrected chi connectivity index (χ3v) is 2.59. The van der Waals surface area contributed by atoms with E-state index < -0.39 is 0 Å². The van der Waals surface area contributed by atoms with Crippen LogP contribution in [0.5, 0.6) is 0 Å². The fraction of sp³-hybridized carbons (Fsp3) is 0.600. The van der Waals surface area contributed by atoms with Crippen LogP contribution in [0.1, 0.15) is 37.6 Å². The molecule has 0 saturated heterocycles. The lowest BCUT2D eigenvalue weighted by atomic mass is 9.75. The highest BCUT2D eigenvalue weighted by atomic mass is 16.3. The first-order valence-electron chi connectivity index (χ1n) is 4.40. The lowest BCUT2D eigenvalue weighted by Gasteiger charge is -2.32. The van der Waals surface area contributed by atoms with Crippen molar-refractivity contribution >= 4 is 0 Å². The van der Waals surface area contributed by atoms with Crippen LogP contribution in [0.15, 0.2) is 16.7 Å². The molecular weight excluding hydrogens is 150 g/mol. The first kappa shape index (κ1) is 7.87. The monoisotopic (exact) mass is 165 g/mol. The number of hydrogen-bond acceptors (Lipinski definition) is 2. The summed E-state index contributed by atoms with van der Waals surface area (Å²) in [5.74, 6) is 1.08. The van der Waals surface area contributed by atoms with E-state index in [4.69, 9.17) is 10.2 Å². The largest absolute Gasteiger partial charge is 0.469 e. The van der Waals surface area contributed by atoms with E-state index in [-0.39, 0.29) is 6.04 Å².